The van der Waals surface area contributed by atoms with E-state index in [4.69, 9.17) is 0 Å². The molecule has 1 aromatic heterocycles. The molecule has 0 saturated heterocycles. The molecule has 0 aliphatic rings. The highest BCUT2D eigenvalue weighted by Gasteiger charge is 2.12. The zero-order valence-corrected chi connectivity index (χ0v) is 9.63. The number of hydrogen-bond donors (Lipinski definition) is 3. The smallest absolute Gasteiger partial charge is 0.131 e. The summed E-state index contributed by atoms with van der Waals surface area (Å²) in [5.74, 6) is 2.18. The van der Waals surface area contributed by atoms with Gasteiger partial charge in [-0.05, 0) is 20.8 Å². The average molecular weight is 210 g/mol. The Bertz CT molecular complexity index is 333. The van der Waals surface area contributed by atoms with E-state index in [2.05, 4.69) is 20.6 Å². The minimum Gasteiger partial charge on any atom is -0.389 e. The molecule has 0 saturated carbocycles. The normalized spacial score (nSPS) is 11.3. The first-order valence-electron chi connectivity index (χ1n) is 4.90. The molecule has 0 aliphatic carbocycles. The molecular weight excluding hydrogens is 192 g/mol. The Hall–Kier alpha value is -1.36. The fourth-order valence-electron chi connectivity index (χ4n) is 1.09. The Morgan fingerprint density at radius 3 is 2.47 bits per heavy atom. The Morgan fingerprint density at radius 1 is 1.33 bits per heavy atom. The van der Waals surface area contributed by atoms with E-state index in [1.807, 2.05) is 14.0 Å². The molecule has 1 heterocycles. The number of nitrogens with one attached hydrogen (secondary N) is 2. The van der Waals surface area contributed by atoms with Crippen LogP contribution in [0.3, 0.4) is 0 Å². The van der Waals surface area contributed by atoms with Gasteiger partial charge in [0.15, 0.2) is 0 Å². The van der Waals surface area contributed by atoms with Crippen molar-refractivity contribution in [2.45, 2.75) is 26.4 Å². The Balaban J connectivity index is 2.73. The quantitative estimate of drug-likeness (QED) is 0.692. The van der Waals surface area contributed by atoms with Crippen molar-refractivity contribution in [3.05, 3.63) is 11.9 Å². The minimum atomic E-state index is -0.751. The van der Waals surface area contributed by atoms with Gasteiger partial charge in [-0.15, -0.1) is 0 Å². The number of hydrogen-bond acceptors (Lipinski definition) is 5. The van der Waals surface area contributed by atoms with Crippen molar-refractivity contribution >= 4 is 11.6 Å². The van der Waals surface area contributed by atoms with Crippen LogP contribution in [0.5, 0.6) is 0 Å². The maximum Gasteiger partial charge on any atom is 0.131 e. The SMILES string of the molecule is CNc1cc(NCC(C)(C)O)nc(C)n1. The molecule has 0 radical (unpaired) electrons. The molecule has 0 fully saturated rings. The third kappa shape index (κ3) is 4.12. The standard InChI is InChI=1S/C10H18N4O/c1-7-13-8(11-4)5-9(14-7)12-6-10(2,3)15/h5,15H,6H2,1-4H3,(H2,11,12,13,14). The van der Waals surface area contributed by atoms with Crippen LogP contribution in [0.15, 0.2) is 6.07 Å². The summed E-state index contributed by atoms with van der Waals surface area (Å²) in [6, 6.07) is 1.80. The van der Waals surface area contributed by atoms with E-state index in [1.54, 1.807) is 19.9 Å². The van der Waals surface area contributed by atoms with Crippen molar-refractivity contribution < 1.29 is 5.11 Å². The van der Waals surface area contributed by atoms with Gasteiger partial charge in [0.1, 0.15) is 17.5 Å². The third-order valence-corrected chi connectivity index (χ3v) is 1.80. The van der Waals surface area contributed by atoms with Gasteiger partial charge in [0.25, 0.3) is 0 Å². The summed E-state index contributed by atoms with van der Waals surface area (Å²) in [6.45, 7) is 5.77. The largest absolute Gasteiger partial charge is 0.389 e. The summed E-state index contributed by atoms with van der Waals surface area (Å²) in [4.78, 5) is 8.38. The van der Waals surface area contributed by atoms with Gasteiger partial charge >= 0.3 is 0 Å². The number of anilines is 2. The summed E-state index contributed by atoms with van der Waals surface area (Å²) in [7, 11) is 1.81. The number of rotatable bonds is 4. The number of nitrogens with zero attached hydrogens (tertiary/aromatic N) is 2. The second-order valence-electron chi connectivity index (χ2n) is 4.10. The van der Waals surface area contributed by atoms with Crippen molar-refractivity contribution in [1.82, 2.24) is 9.97 Å². The first kappa shape index (κ1) is 11.7. The highest BCUT2D eigenvalue weighted by atomic mass is 16.3. The van der Waals surface area contributed by atoms with E-state index in [1.165, 1.54) is 0 Å². The van der Waals surface area contributed by atoms with Crippen LogP contribution >= 0.6 is 0 Å². The van der Waals surface area contributed by atoms with Crippen LogP contribution < -0.4 is 10.6 Å². The van der Waals surface area contributed by atoms with Gasteiger partial charge < -0.3 is 15.7 Å². The summed E-state index contributed by atoms with van der Waals surface area (Å²) in [6.07, 6.45) is 0. The van der Waals surface area contributed by atoms with E-state index in [-0.39, 0.29) is 0 Å². The van der Waals surface area contributed by atoms with Gasteiger partial charge in [0.05, 0.1) is 5.60 Å². The first-order valence-corrected chi connectivity index (χ1v) is 4.90. The molecular formula is C10H18N4O. The molecule has 0 aliphatic heterocycles. The van der Waals surface area contributed by atoms with Gasteiger partial charge in [-0.2, -0.15) is 0 Å². The lowest BCUT2D eigenvalue weighted by atomic mass is 10.1. The fraction of sp³-hybridized carbons (Fsp3) is 0.600. The zero-order chi connectivity index (χ0) is 11.5. The number of aryl methyl sites for hydroxylation is 1. The summed E-state index contributed by atoms with van der Waals surface area (Å²) in [5.41, 5.74) is -0.751. The van der Waals surface area contributed by atoms with Crippen LogP contribution in [0.4, 0.5) is 11.6 Å². The van der Waals surface area contributed by atoms with Crippen LogP contribution in [-0.2, 0) is 0 Å². The molecule has 84 valence electrons. The Labute approximate surface area is 90.0 Å². The van der Waals surface area contributed by atoms with Crippen molar-refractivity contribution in [2.24, 2.45) is 0 Å². The molecule has 0 unspecified atom stereocenters. The maximum absolute atomic E-state index is 9.55. The highest BCUT2D eigenvalue weighted by molar-refractivity contribution is 5.47. The Kier molecular flexibility index (Phi) is 3.47. The summed E-state index contributed by atoms with van der Waals surface area (Å²) >= 11 is 0. The monoisotopic (exact) mass is 210 g/mol. The summed E-state index contributed by atoms with van der Waals surface area (Å²) in [5, 5.41) is 15.6. The van der Waals surface area contributed by atoms with E-state index < -0.39 is 5.60 Å². The van der Waals surface area contributed by atoms with Crippen LogP contribution in [0.25, 0.3) is 0 Å². The van der Waals surface area contributed by atoms with Crippen LogP contribution in [-0.4, -0.2) is 34.3 Å². The minimum absolute atomic E-state index is 0.451. The van der Waals surface area contributed by atoms with Gasteiger partial charge in [0, 0.05) is 19.7 Å². The molecule has 3 N–H and O–H groups in total. The molecule has 0 bridgehead atoms. The molecule has 1 rings (SSSR count). The van der Waals surface area contributed by atoms with Gasteiger partial charge in [-0.3, -0.25) is 0 Å². The third-order valence-electron chi connectivity index (χ3n) is 1.80. The topological polar surface area (TPSA) is 70.1 Å². The van der Waals surface area contributed by atoms with Crippen LogP contribution in [0.1, 0.15) is 19.7 Å². The zero-order valence-electron chi connectivity index (χ0n) is 9.63. The second kappa shape index (κ2) is 4.44. The molecule has 15 heavy (non-hydrogen) atoms. The number of aromatic nitrogens is 2. The average Bonchev–Trinajstić information content (AvgIpc) is 2.13. The van der Waals surface area contributed by atoms with Gasteiger partial charge in [0.2, 0.25) is 0 Å². The first-order chi connectivity index (χ1) is 6.90. The fourth-order valence-corrected chi connectivity index (χ4v) is 1.09. The molecule has 1 aromatic rings. The molecule has 5 heteroatoms. The van der Waals surface area contributed by atoms with Crippen LogP contribution in [0, 0.1) is 6.92 Å². The van der Waals surface area contributed by atoms with Gasteiger partial charge in [-0.25, -0.2) is 9.97 Å². The van der Waals surface area contributed by atoms with Crippen molar-refractivity contribution in [1.29, 1.82) is 0 Å². The molecule has 5 nitrogen and oxygen atoms in total. The van der Waals surface area contributed by atoms with E-state index in [0.29, 0.717) is 18.2 Å². The summed E-state index contributed by atoms with van der Waals surface area (Å²) < 4.78 is 0. The van der Waals surface area contributed by atoms with Crippen molar-refractivity contribution in [3.63, 3.8) is 0 Å². The van der Waals surface area contributed by atoms with Gasteiger partial charge in [-0.1, -0.05) is 0 Å². The molecule has 0 amide bonds. The predicted molar refractivity (Wildman–Crippen MR) is 61.1 cm³/mol. The Morgan fingerprint density at radius 2 is 1.93 bits per heavy atom. The molecule has 0 atom stereocenters. The lowest BCUT2D eigenvalue weighted by Gasteiger charge is -2.18. The van der Waals surface area contributed by atoms with Crippen molar-refractivity contribution in [2.75, 3.05) is 24.2 Å². The lowest BCUT2D eigenvalue weighted by molar-refractivity contribution is 0.0944. The predicted octanol–water partition coefficient (Wildman–Crippen LogP) is 1.01. The van der Waals surface area contributed by atoms with E-state index in [0.717, 1.165) is 5.82 Å². The molecule has 0 spiro atoms. The molecule has 0 aromatic carbocycles. The number of aliphatic hydroxyl groups is 1. The highest BCUT2D eigenvalue weighted by Crippen LogP contribution is 2.11. The lowest BCUT2D eigenvalue weighted by Crippen LogP contribution is -2.29. The van der Waals surface area contributed by atoms with E-state index in [9.17, 15) is 5.11 Å². The van der Waals surface area contributed by atoms with Crippen LogP contribution in [0.2, 0.25) is 0 Å². The second-order valence-corrected chi connectivity index (χ2v) is 4.10. The van der Waals surface area contributed by atoms with Crippen molar-refractivity contribution in [3.8, 4) is 0 Å². The maximum atomic E-state index is 9.55. The van der Waals surface area contributed by atoms with E-state index >= 15 is 0 Å².